The number of nitrogens with zero attached hydrogens (tertiary/aromatic N) is 1. The molecule has 0 saturated carbocycles. The van der Waals surface area contributed by atoms with Gasteiger partial charge in [-0.05, 0) is 73.1 Å². The predicted octanol–water partition coefficient (Wildman–Crippen LogP) is 3.93. The highest BCUT2D eigenvalue weighted by molar-refractivity contribution is 5.99. The van der Waals surface area contributed by atoms with Gasteiger partial charge in [-0.2, -0.15) is 0 Å². The first kappa shape index (κ1) is 21.8. The number of aryl methyl sites for hydroxylation is 2. The van der Waals surface area contributed by atoms with E-state index < -0.39 is 12.2 Å². The van der Waals surface area contributed by atoms with Crippen molar-refractivity contribution in [1.29, 1.82) is 0 Å². The van der Waals surface area contributed by atoms with Crippen LogP contribution in [0.2, 0.25) is 0 Å². The second-order valence-electron chi connectivity index (χ2n) is 8.27. The monoisotopic (exact) mass is 410 g/mol. The zero-order valence-electron chi connectivity index (χ0n) is 18.1. The number of hydrogen-bond donors (Lipinski definition) is 1. The van der Waals surface area contributed by atoms with Gasteiger partial charge >= 0.3 is 6.16 Å². The molecule has 6 nitrogen and oxygen atoms in total. The Labute approximate surface area is 178 Å². The zero-order chi connectivity index (χ0) is 21.8. The molecule has 2 N–H and O–H groups in total. The van der Waals surface area contributed by atoms with E-state index in [2.05, 4.69) is 0 Å². The molecule has 3 rings (SSSR count). The van der Waals surface area contributed by atoms with Crippen molar-refractivity contribution in [3.05, 3.63) is 58.7 Å². The molecule has 2 aromatic carbocycles. The number of carbonyl (C=O) groups excluding carboxylic acids is 2. The molecule has 1 amide bonds. The molecular weight excluding hydrogens is 380 g/mol. The summed E-state index contributed by atoms with van der Waals surface area (Å²) in [5.74, 6) is 0.595. The molecule has 0 radical (unpaired) electrons. The third-order valence-corrected chi connectivity index (χ3v) is 5.30. The molecular formula is C24H30N2O4. The number of nitrogens with two attached hydrogens (primary N) is 1. The van der Waals surface area contributed by atoms with Crippen LogP contribution in [0, 0.1) is 19.8 Å². The smallest absolute Gasteiger partial charge is 0.434 e. The quantitative estimate of drug-likeness (QED) is 0.576. The lowest BCUT2D eigenvalue weighted by Crippen LogP contribution is -2.44. The van der Waals surface area contributed by atoms with Crippen LogP contribution in [0.5, 0.6) is 5.75 Å². The van der Waals surface area contributed by atoms with Crippen LogP contribution in [-0.4, -0.2) is 31.3 Å². The van der Waals surface area contributed by atoms with Crippen LogP contribution in [0.25, 0.3) is 0 Å². The largest absolute Gasteiger partial charge is 0.513 e. The summed E-state index contributed by atoms with van der Waals surface area (Å²) in [5, 5.41) is 0. The first-order valence-corrected chi connectivity index (χ1v) is 10.4. The lowest BCUT2D eigenvalue weighted by Gasteiger charge is -2.23. The molecule has 0 fully saturated rings. The number of hydrogen-bond acceptors (Lipinski definition) is 5. The van der Waals surface area contributed by atoms with E-state index in [0.717, 1.165) is 28.8 Å². The summed E-state index contributed by atoms with van der Waals surface area (Å²) in [7, 11) is 0. The normalized spacial score (nSPS) is 13.9. The molecule has 0 saturated heterocycles. The number of benzene rings is 2. The highest BCUT2D eigenvalue weighted by atomic mass is 16.7. The van der Waals surface area contributed by atoms with Gasteiger partial charge in [0, 0.05) is 12.2 Å². The molecule has 6 heteroatoms. The number of anilines is 1. The Morgan fingerprint density at radius 3 is 2.47 bits per heavy atom. The molecule has 1 heterocycles. The highest BCUT2D eigenvalue weighted by Gasteiger charge is 2.28. The van der Waals surface area contributed by atoms with Gasteiger partial charge in [-0.15, -0.1) is 0 Å². The fourth-order valence-corrected chi connectivity index (χ4v) is 3.77. The van der Waals surface area contributed by atoms with Crippen LogP contribution in [-0.2, 0) is 22.4 Å². The Kier molecular flexibility index (Phi) is 6.77. The molecule has 0 aromatic heterocycles. The average molecular weight is 411 g/mol. The number of rotatable bonds is 6. The number of para-hydroxylation sites is 1. The molecule has 1 atom stereocenters. The van der Waals surface area contributed by atoms with Crippen LogP contribution >= 0.6 is 0 Å². The van der Waals surface area contributed by atoms with Crippen molar-refractivity contribution in [3.63, 3.8) is 0 Å². The summed E-state index contributed by atoms with van der Waals surface area (Å²) in [6.07, 6.45) is 0.564. The second-order valence-corrected chi connectivity index (χ2v) is 8.27. The summed E-state index contributed by atoms with van der Waals surface area (Å²) >= 11 is 0. The predicted molar refractivity (Wildman–Crippen MR) is 117 cm³/mol. The first-order chi connectivity index (χ1) is 14.3. The molecule has 0 aliphatic carbocycles. The SMILES string of the molecule is Cc1cc(OC(=O)OCC(C)C)cc(C)c1C[C@@H](N)C(=O)N1CCc2ccccc21. The van der Waals surface area contributed by atoms with Gasteiger partial charge in [0.25, 0.3) is 0 Å². The topological polar surface area (TPSA) is 81.9 Å². The van der Waals surface area contributed by atoms with Crippen LogP contribution in [0.1, 0.15) is 36.1 Å². The summed E-state index contributed by atoms with van der Waals surface area (Å²) in [6, 6.07) is 10.9. The van der Waals surface area contributed by atoms with Gasteiger partial charge < -0.3 is 20.1 Å². The highest BCUT2D eigenvalue weighted by Crippen LogP contribution is 2.29. The maximum atomic E-state index is 13.0. The van der Waals surface area contributed by atoms with E-state index in [1.165, 1.54) is 5.56 Å². The minimum atomic E-state index is -0.713. The van der Waals surface area contributed by atoms with Crippen molar-refractivity contribution in [3.8, 4) is 5.75 Å². The van der Waals surface area contributed by atoms with E-state index >= 15 is 0 Å². The van der Waals surface area contributed by atoms with Crippen LogP contribution in [0.3, 0.4) is 0 Å². The molecule has 0 bridgehead atoms. The van der Waals surface area contributed by atoms with Gasteiger partial charge in [0.15, 0.2) is 0 Å². The number of ether oxygens (including phenoxy) is 2. The van der Waals surface area contributed by atoms with E-state index in [1.54, 1.807) is 17.0 Å². The molecule has 1 aliphatic heterocycles. The van der Waals surface area contributed by atoms with Crippen molar-refractivity contribution in [2.45, 2.75) is 46.6 Å². The lowest BCUT2D eigenvalue weighted by atomic mass is 9.95. The Hall–Kier alpha value is -2.86. The van der Waals surface area contributed by atoms with Gasteiger partial charge in [0.1, 0.15) is 5.75 Å². The molecule has 30 heavy (non-hydrogen) atoms. The molecule has 160 valence electrons. The van der Waals surface area contributed by atoms with Crippen LogP contribution in [0.4, 0.5) is 10.5 Å². The Morgan fingerprint density at radius 1 is 1.13 bits per heavy atom. The summed E-state index contributed by atoms with van der Waals surface area (Å²) in [6.45, 7) is 8.75. The van der Waals surface area contributed by atoms with Crippen molar-refractivity contribution < 1.29 is 19.1 Å². The lowest BCUT2D eigenvalue weighted by molar-refractivity contribution is -0.119. The number of amides is 1. The van der Waals surface area contributed by atoms with E-state index in [9.17, 15) is 9.59 Å². The summed E-state index contributed by atoms with van der Waals surface area (Å²) in [4.78, 5) is 26.6. The van der Waals surface area contributed by atoms with Gasteiger partial charge in [-0.25, -0.2) is 4.79 Å². The third-order valence-electron chi connectivity index (χ3n) is 5.30. The summed E-state index contributed by atoms with van der Waals surface area (Å²) < 4.78 is 10.4. The van der Waals surface area contributed by atoms with Gasteiger partial charge in [-0.1, -0.05) is 32.0 Å². The van der Waals surface area contributed by atoms with Crippen LogP contribution < -0.4 is 15.4 Å². The second kappa shape index (κ2) is 9.30. The summed E-state index contributed by atoms with van der Waals surface area (Å²) in [5.41, 5.74) is 11.3. The Morgan fingerprint density at radius 2 is 1.80 bits per heavy atom. The standard InChI is InChI=1S/C24H30N2O4/c1-15(2)14-29-24(28)30-19-11-16(3)20(17(4)12-19)13-21(25)23(27)26-10-9-18-7-5-6-8-22(18)26/h5-8,11-12,15,21H,9-10,13-14,25H2,1-4H3/t21-/m1/s1. The third kappa shape index (κ3) is 5.00. The molecule has 0 unspecified atom stereocenters. The van der Waals surface area contributed by atoms with E-state index in [0.29, 0.717) is 25.3 Å². The maximum Gasteiger partial charge on any atom is 0.513 e. The van der Waals surface area contributed by atoms with E-state index in [4.69, 9.17) is 15.2 Å². The van der Waals surface area contributed by atoms with Crippen LogP contribution in [0.15, 0.2) is 36.4 Å². The fraction of sp³-hybridized carbons (Fsp3) is 0.417. The van der Waals surface area contributed by atoms with Crippen molar-refractivity contribution in [2.75, 3.05) is 18.1 Å². The zero-order valence-corrected chi connectivity index (χ0v) is 18.1. The fourth-order valence-electron chi connectivity index (χ4n) is 3.77. The van der Waals surface area contributed by atoms with E-state index in [1.807, 2.05) is 52.0 Å². The minimum Gasteiger partial charge on any atom is -0.434 e. The van der Waals surface area contributed by atoms with Gasteiger partial charge in [-0.3, -0.25) is 4.79 Å². The van der Waals surface area contributed by atoms with E-state index in [-0.39, 0.29) is 11.8 Å². The Bertz CT molecular complexity index is 916. The van der Waals surface area contributed by atoms with Crippen molar-refractivity contribution in [2.24, 2.45) is 11.7 Å². The minimum absolute atomic E-state index is 0.0728. The number of carbonyl (C=O) groups is 2. The molecule has 2 aromatic rings. The maximum absolute atomic E-state index is 13.0. The first-order valence-electron chi connectivity index (χ1n) is 10.4. The average Bonchev–Trinajstić information content (AvgIpc) is 3.12. The Balaban J connectivity index is 1.68. The number of fused-ring (bicyclic) bond motifs is 1. The van der Waals surface area contributed by atoms with Crippen molar-refractivity contribution in [1.82, 2.24) is 0 Å². The molecule has 0 spiro atoms. The van der Waals surface area contributed by atoms with Gasteiger partial charge in [0.2, 0.25) is 5.91 Å². The van der Waals surface area contributed by atoms with Crippen molar-refractivity contribution >= 4 is 17.7 Å². The molecule has 1 aliphatic rings. The van der Waals surface area contributed by atoms with Gasteiger partial charge in [0.05, 0.1) is 12.6 Å².